The molecule has 1 fully saturated rings. The third-order valence-electron chi connectivity index (χ3n) is 8.59. The molecule has 3 aliphatic rings. The molecule has 0 saturated carbocycles. The minimum absolute atomic E-state index is 0.120. The lowest BCUT2D eigenvalue weighted by Gasteiger charge is -2.38. The third kappa shape index (κ3) is 8.18. The highest BCUT2D eigenvalue weighted by Crippen LogP contribution is 2.33. The van der Waals surface area contributed by atoms with Gasteiger partial charge in [0.25, 0.3) is 0 Å². The van der Waals surface area contributed by atoms with Crippen molar-refractivity contribution in [3.05, 3.63) is 64.7 Å². The first kappa shape index (κ1) is 34.1. The number of esters is 1. The zero-order valence-corrected chi connectivity index (χ0v) is 28.5. The van der Waals surface area contributed by atoms with Crippen molar-refractivity contribution in [2.45, 2.75) is 116 Å². The van der Waals surface area contributed by atoms with Gasteiger partial charge in [0.1, 0.15) is 35.1 Å². The summed E-state index contributed by atoms with van der Waals surface area (Å²) in [6.45, 7) is 11.0. The molecule has 0 spiro atoms. The number of nitrogens with zero attached hydrogens (tertiary/aromatic N) is 2. The van der Waals surface area contributed by atoms with Crippen LogP contribution in [0.15, 0.2) is 42.5 Å². The molecule has 11 heteroatoms. The van der Waals surface area contributed by atoms with Gasteiger partial charge in [-0.1, -0.05) is 30.3 Å². The molecule has 0 radical (unpaired) electrons. The van der Waals surface area contributed by atoms with Crippen molar-refractivity contribution < 1.29 is 38.1 Å². The van der Waals surface area contributed by atoms with Crippen LogP contribution in [0.3, 0.4) is 0 Å². The first-order chi connectivity index (χ1) is 22.1. The van der Waals surface area contributed by atoms with Crippen molar-refractivity contribution in [1.82, 2.24) is 15.1 Å². The molecule has 1 saturated heterocycles. The molecule has 1 N–H and O–H groups in total. The summed E-state index contributed by atoms with van der Waals surface area (Å²) in [5.74, 6) is -0.235. The smallest absolute Gasteiger partial charge is 0.411 e. The molecule has 0 bridgehead atoms. The number of carbonyl (C=O) groups excluding carboxylic acids is 4. The molecule has 3 amide bonds. The maximum atomic E-state index is 13.9. The van der Waals surface area contributed by atoms with Crippen LogP contribution in [0.4, 0.5) is 9.59 Å². The number of aryl methyl sites for hydroxylation is 1. The summed E-state index contributed by atoms with van der Waals surface area (Å²) in [5, 5.41) is 3.23. The van der Waals surface area contributed by atoms with Crippen LogP contribution in [0.2, 0.25) is 0 Å². The number of methoxy groups -OCH3 is 1. The summed E-state index contributed by atoms with van der Waals surface area (Å²) in [4.78, 5) is 55.7. The van der Waals surface area contributed by atoms with E-state index in [0.29, 0.717) is 12.2 Å². The van der Waals surface area contributed by atoms with Crippen molar-refractivity contribution in [1.29, 1.82) is 0 Å². The molecule has 2 heterocycles. The molecule has 11 nitrogen and oxygen atoms in total. The van der Waals surface area contributed by atoms with Gasteiger partial charge >= 0.3 is 18.2 Å². The van der Waals surface area contributed by atoms with Crippen molar-refractivity contribution in [2.75, 3.05) is 13.7 Å². The number of likely N-dealkylation sites (tertiary alicyclic amines) is 1. The second kappa shape index (κ2) is 13.4. The quantitative estimate of drug-likeness (QED) is 0.334. The number of amides is 3. The largest absolute Gasteiger partial charge is 0.488 e. The molecule has 1 aliphatic carbocycles. The highest BCUT2D eigenvalue weighted by Gasteiger charge is 2.44. The van der Waals surface area contributed by atoms with Crippen LogP contribution in [0, 0.1) is 0 Å². The molecular formula is C36H47N3O8. The molecule has 254 valence electrons. The van der Waals surface area contributed by atoms with Gasteiger partial charge in [0.05, 0.1) is 26.2 Å². The maximum absolute atomic E-state index is 13.9. The maximum Gasteiger partial charge on any atom is 0.411 e. The molecule has 47 heavy (non-hydrogen) atoms. The van der Waals surface area contributed by atoms with Gasteiger partial charge in [-0.2, -0.15) is 0 Å². The van der Waals surface area contributed by atoms with E-state index in [-0.39, 0.29) is 31.5 Å². The number of hydrogen-bond donors (Lipinski definition) is 1. The minimum atomic E-state index is -0.837. The molecule has 2 aromatic carbocycles. The van der Waals surface area contributed by atoms with Gasteiger partial charge in [0.2, 0.25) is 5.91 Å². The van der Waals surface area contributed by atoms with Crippen LogP contribution in [0.1, 0.15) is 89.1 Å². The number of fused-ring (bicyclic) bond motifs is 2. The van der Waals surface area contributed by atoms with Crippen LogP contribution in [0.25, 0.3) is 0 Å². The monoisotopic (exact) mass is 649 g/mol. The van der Waals surface area contributed by atoms with Crippen LogP contribution in [-0.2, 0) is 43.2 Å². The Balaban J connectivity index is 1.34. The van der Waals surface area contributed by atoms with Gasteiger partial charge in [-0.15, -0.1) is 0 Å². The normalized spacial score (nSPS) is 22.4. The molecular weight excluding hydrogens is 602 g/mol. The Hall–Kier alpha value is -4.28. The van der Waals surface area contributed by atoms with Gasteiger partial charge < -0.3 is 24.3 Å². The Bertz CT molecular complexity index is 1510. The number of rotatable bonds is 5. The van der Waals surface area contributed by atoms with Gasteiger partial charge in [0, 0.05) is 12.8 Å². The predicted octanol–water partition coefficient (Wildman–Crippen LogP) is 5.47. The Morgan fingerprint density at radius 1 is 0.830 bits per heavy atom. The number of carbonyl (C=O) groups is 4. The summed E-state index contributed by atoms with van der Waals surface area (Å²) in [6, 6.07) is 12.0. The first-order valence-corrected chi connectivity index (χ1v) is 16.4. The van der Waals surface area contributed by atoms with E-state index in [1.54, 1.807) is 41.5 Å². The topological polar surface area (TPSA) is 124 Å². The lowest BCUT2D eigenvalue weighted by atomic mass is 9.87. The average molecular weight is 650 g/mol. The average Bonchev–Trinajstić information content (AvgIpc) is 3.42. The summed E-state index contributed by atoms with van der Waals surface area (Å²) in [7, 11) is 1.28. The van der Waals surface area contributed by atoms with E-state index in [1.165, 1.54) is 22.5 Å². The predicted molar refractivity (Wildman–Crippen MR) is 174 cm³/mol. The zero-order chi connectivity index (χ0) is 34.1. The number of benzene rings is 2. The van der Waals surface area contributed by atoms with Gasteiger partial charge in [-0.25, -0.2) is 14.4 Å². The molecule has 3 unspecified atom stereocenters. The van der Waals surface area contributed by atoms with E-state index < -0.39 is 47.5 Å². The van der Waals surface area contributed by atoms with Crippen molar-refractivity contribution >= 4 is 24.1 Å². The van der Waals surface area contributed by atoms with E-state index in [2.05, 4.69) is 17.4 Å². The van der Waals surface area contributed by atoms with Gasteiger partial charge in [-0.3, -0.25) is 14.6 Å². The van der Waals surface area contributed by atoms with Crippen LogP contribution >= 0.6 is 0 Å². The number of nitrogens with one attached hydrogen (secondary N) is 1. The molecule has 5 rings (SSSR count). The van der Waals surface area contributed by atoms with E-state index in [0.717, 1.165) is 36.0 Å². The fraction of sp³-hybridized carbons (Fsp3) is 0.556. The van der Waals surface area contributed by atoms with Gasteiger partial charge in [0.15, 0.2) is 0 Å². The fourth-order valence-corrected chi connectivity index (χ4v) is 6.51. The molecule has 2 aliphatic heterocycles. The van der Waals surface area contributed by atoms with E-state index >= 15 is 0 Å². The standard InChI is InChI=1S/C36H47N3O8/c1-35(2,3)46-33(42)38-20-24-17-25(45-26-19-30(32(41)44-7)39(21-26)34(43)47-36(4,5)6)16-15-23(24)18-29(38)31(40)37-28-14-10-12-22-11-8-9-13-27(22)28/h8-9,11,13,15-17,26,28-30H,10,12,14,18-21H2,1-7H3,(H,37,40)/t26-,28?,29?,30?/m0/s1. The summed E-state index contributed by atoms with van der Waals surface area (Å²) < 4.78 is 22.5. The Kier molecular flexibility index (Phi) is 9.75. The Morgan fingerprint density at radius 3 is 2.19 bits per heavy atom. The summed E-state index contributed by atoms with van der Waals surface area (Å²) in [5.41, 5.74) is 2.64. The van der Waals surface area contributed by atoms with Crippen LogP contribution in [0.5, 0.6) is 5.75 Å². The second-order valence-electron chi connectivity index (χ2n) is 14.6. The lowest BCUT2D eigenvalue weighted by Crippen LogP contribution is -2.54. The first-order valence-electron chi connectivity index (χ1n) is 16.4. The lowest BCUT2D eigenvalue weighted by molar-refractivity contribution is -0.145. The summed E-state index contributed by atoms with van der Waals surface area (Å²) in [6.07, 6.45) is 1.67. The van der Waals surface area contributed by atoms with Gasteiger partial charge in [-0.05, 0) is 95.2 Å². The third-order valence-corrected chi connectivity index (χ3v) is 8.59. The zero-order valence-electron chi connectivity index (χ0n) is 28.5. The van der Waals surface area contributed by atoms with E-state index in [4.69, 9.17) is 18.9 Å². The summed E-state index contributed by atoms with van der Waals surface area (Å²) >= 11 is 0. The molecule has 0 aromatic heterocycles. The Morgan fingerprint density at radius 2 is 1.51 bits per heavy atom. The number of ether oxygens (including phenoxy) is 4. The molecule has 4 atom stereocenters. The van der Waals surface area contributed by atoms with E-state index in [1.807, 2.05) is 30.3 Å². The SMILES string of the molecule is COC(=O)C1C[C@H](Oc2ccc3c(c2)CN(C(=O)OC(C)(C)C)C(C(=O)NC2CCCc4ccccc42)C3)CN1C(=O)OC(C)(C)C. The second-order valence-corrected chi connectivity index (χ2v) is 14.6. The van der Waals surface area contributed by atoms with E-state index in [9.17, 15) is 19.2 Å². The molecule has 2 aromatic rings. The van der Waals surface area contributed by atoms with Crippen molar-refractivity contribution in [3.8, 4) is 5.75 Å². The van der Waals surface area contributed by atoms with Crippen LogP contribution in [-0.4, -0.2) is 76.9 Å². The van der Waals surface area contributed by atoms with Crippen molar-refractivity contribution in [2.24, 2.45) is 0 Å². The van der Waals surface area contributed by atoms with Crippen molar-refractivity contribution in [3.63, 3.8) is 0 Å². The minimum Gasteiger partial charge on any atom is -0.488 e. The van der Waals surface area contributed by atoms with Crippen LogP contribution < -0.4 is 10.1 Å². The highest BCUT2D eigenvalue weighted by atomic mass is 16.6. The number of hydrogen-bond acceptors (Lipinski definition) is 8. The Labute approximate surface area is 276 Å². The fourth-order valence-electron chi connectivity index (χ4n) is 6.51. The highest BCUT2D eigenvalue weighted by molar-refractivity contribution is 5.87.